The number of ketones is 2. The third-order valence-electron chi connectivity index (χ3n) is 9.63. The van der Waals surface area contributed by atoms with Crippen LogP contribution in [0.4, 0.5) is 0 Å². The van der Waals surface area contributed by atoms with Crippen molar-refractivity contribution in [2.45, 2.75) is 90.3 Å². The number of carbonyl (C=O) groups excluding carboxylic acids is 3. The van der Waals surface area contributed by atoms with Crippen molar-refractivity contribution in [3.63, 3.8) is 0 Å². The summed E-state index contributed by atoms with van der Waals surface area (Å²) < 4.78 is 18.0. The highest BCUT2D eigenvalue weighted by atomic mass is 16.7. The summed E-state index contributed by atoms with van der Waals surface area (Å²) in [5, 5.41) is 11.7. The molecule has 4 fully saturated rings. The molecule has 1 N–H and O–H groups in total. The normalized spacial score (nSPS) is 46.7. The topological polar surface area (TPSA) is 99.1 Å². The summed E-state index contributed by atoms with van der Waals surface area (Å²) in [6, 6.07) is 0. The first-order valence-electron chi connectivity index (χ1n) is 12.7. The molecule has 1 heterocycles. The summed E-state index contributed by atoms with van der Waals surface area (Å²) in [5.41, 5.74) is -1.17. The van der Waals surface area contributed by atoms with Gasteiger partial charge in [-0.1, -0.05) is 38.8 Å². The molecule has 0 amide bonds. The van der Waals surface area contributed by atoms with Gasteiger partial charge in [-0.3, -0.25) is 14.4 Å². The van der Waals surface area contributed by atoms with E-state index in [1.54, 1.807) is 12.2 Å². The van der Waals surface area contributed by atoms with Crippen molar-refractivity contribution in [1.29, 1.82) is 0 Å². The van der Waals surface area contributed by atoms with E-state index in [-0.39, 0.29) is 41.3 Å². The first kappa shape index (κ1) is 23.9. The molecule has 7 heteroatoms. The highest BCUT2D eigenvalue weighted by molar-refractivity contribution is 6.01. The lowest BCUT2D eigenvalue weighted by Gasteiger charge is -2.59. The number of aliphatic hydroxyl groups is 1. The number of aliphatic hydroxyl groups excluding tert-OH is 1. The molecular formula is C27H36O7. The highest BCUT2D eigenvalue weighted by Gasteiger charge is 2.75. The van der Waals surface area contributed by atoms with Crippen LogP contribution in [0.2, 0.25) is 0 Å². The highest BCUT2D eigenvalue weighted by Crippen LogP contribution is 2.69. The molecule has 1 saturated heterocycles. The summed E-state index contributed by atoms with van der Waals surface area (Å²) in [4.78, 5) is 37.3. The van der Waals surface area contributed by atoms with Crippen LogP contribution in [0.15, 0.2) is 23.8 Å². The lowest BCUT2D eigenvalue weighted by Crippen LogP contribution is -2.63. The standard InChI is InChI=1S/C27H36O7/c1-5-6-23-33-22-12-19-18-8-7-16-11-17(29)9-10-25(16,3)24(18)20(30)13-26(19,4)27(22,34-23)21(31)14-32-15(2)28/h9-11,18-20,22-24,30H,5-8,12-14H2,1-4H3/t18-,19-,20-,22-,23?,24+,25-,26-,27+/m0/s1. The molecule has 0 bridgehead atoms. The van der Waals surface area contributed by atoms with Gasteiger partial charge in [-0.15, -0.1) is 0 Å². The van der Waals surface area contributed by atoms with Gasteiger partial charge in [-0.2, -0.15) is 0 Å². The van der Waals surface area contributed by atoms with Gasteiger partial charge in [0.05, 0.1) is 12.2 Å². The van der Waals surface area contributed by atoms with Crippen LogP contribution >= 0.6 is 0 Å². The van der Waals surface area contributed by atoms with Crippen molar-refractivity contribution < 1.29 is 33.7 Å². The second-order valence-corrected chi connectivity index (χ2v) is 11.3. The molecule has 0 aromatic heterocycles. The van der Waals surface area contributed by atoms with Crippen molar-refractivity contribution in [2.24, 2.45) is 28.6 Å². The first-order chi connectivity index (χ1) is 16.1. The van der Waals surface area contributed by atoms with E-state index in [0.29, 0.717) is 19.3 Å². The van der Waals surface area contributed by atoms with Gasteiger partial charge in [0.2, 0.25) is 5.78 Å². The zero-order chi connectivity index (χ0) is 24.5. The van der Waals surface area contributed by atoms with Crippen molar-refractivity contribution in [1.82, 2.24) is 0 Å². The van der Waals surface area contributed by atoms with E-state index in [4.69, 9.17) is 14.2 Å². The average Bonchev–Trinajstić information content (AvgIpc) is 3.25. The Morgan fingerprint density at radius 3 is 2.76 bits per heavy atom. The van der Waals surface area contributed by atoms with Crippen molar-refractivity contribution in [2.75, 3.05) is 6.61 Å². The number of carbonyl (C=O) groups is 3. The average molecular weight is 473 g/mol. The zero-order valence-corrected chi connectivity index (χ0v) is 20.5. The van der Waals surface area contributed by atoms with E-state index in [1.165, 1.54) is 6.92 Å². The molecule has 3 saturated carbocycles. The maximum Gasteiger partial charge on any atom is 0.303 e. The fraction of sp³-hybridized carbons (Fsp3) is 0.741. The molecule has 5 rings (SSSR count). The summed E-state index contributed by atoms with van der Waals surface area (Å²) >= 11 is 0. The Morgan fingerprint density at radius 1 is 1.29 bits per heavy atom. The van der Waals surface area contributed by atoms with Crippen LogP contribution in [0.5, 0.6) is 0 Å². The molecular weight excluding hydrogens is 436 g/mol. The van der Waals surface area contributed by atoms with Crippen LogP contribution in [-0.2, 0) is 28.6 Å². The summed E-state index contributed by atoms with van der Waals surface area (Å²) in [6.45, 7) is 7.18. The number of ether oxygens (including phenoxy) is 3. The van der Waals surface area contributed by atoms with Gasteiger partial charge in [0.1, 0.15) is 0 Å². The fourth-order valence-corrected chi connectivity index (χ4v) is 8.28. The molecule has 0 aromatic rings. The minimum atomic E-state index is -1.24. The van der Waals surface area contributed by atoms with Crippen molar-refractivity contribution in [3.05, 3.63) is 23.8 Å². The van der Waals surface area contributed by atoms with Crippen LogP contribution in [0, 0.1) is 28.6 Å². The molecule has 0 radical (unpaired) electrons. The Morgan fingerprint density at radius 2 is 2.06 bits per heavy atom. The Kier molecular flexibility index (Phi) is 5.69. The third kappa shape index (κ3) is 3.16. The molecule has 186 valence electrons. The van der Waals surface area contributed by atoms with Crippen LogP contribution < -0.4 is 0 Å². The van der Waals surface area contributed by atoms with Crippen molar-refractivity contribution >= 4 is 17.5 Å². The second kappa shape index (κ2) is 8.10. The largest absolute Gasteiger partial charge is 0.458 e. The van der Waals surface area contributed by atoms with Gasteiger partial charge in [0.25, 0.3) is 0 Å². The van der Waals surface area contributed by atoms with E-state index >= 15 is 0 Å². The minimum absolute atomic E-state index is 0.00949. The molecule has 1 unspecified atom stereocenters. The Labute approximate surface area is 200 Å². The molecule has 7 nitrogen and oxygen atoms in total. The predicted molar refractivity (Wildman–Crippen MR) is 122 cm³/mol. The SMILES string of the molecule is CCCC1O[C@H]2C[C@H]3[C@@H]4CCC5=CC(=O)C=C[C@]5(C)[C@H]4[C@@H](O)C[C@]3(C)[C@]2(C(=O)COC(C)=O)O1. The molecule has 0 aromatic carbocycles. The number of Topliss-reactive ketones (excluding diaryl/α,β-unsaturated/α-hetero) is 1. The lowest BCUT2D eigenvalue weighted by molar-refractivity contribution is -0.201. The molecule has 5 aliphatic rings. The summed E-state index contributed by atoms with van der Waals surface area (Å²) in [7, 11) is 0. The van der Waals surface area contributed by atoms with Gasteiger partial charge >= 0.3 is 5.97 Å². The third-order valence-corrected chi connectivity index (χ3v) is 9.63. The zero-order valence-electron chi connectivity index (χ0n) is 20.5. The number of hydrogen-bond donors (Lipinski definition) is 1. The fourth-order valence-electron chi connectivity index (χ4n) is 8.28. The van der Waals surface area contributed by atoms with Crippen molar-refractivity contribution in [3.8, 4) is 0 Å². The number of esters is 1. The Hall–Kier alpha value is -1.83. The van der Waals surface area contributed by atoms with Crippen LogP contribution in [0.1, 0.15) is 66.2 Å². The van der Waals surface area contributed by atoms with E-state index in [2.05, 4.69) is 13.8 Å². The van der Waals surface area contributed by atoms with Crippen LogP contribution in [0.3, 0.4) is 0 Å². The molecule has 0 spiro atoms. The first-order valence-corrected chi connectivity index (χ1v) is 12.7. The van der Waals surface area contributed by atoms with E-state index in [0.717, 1.165) is 24.8 Å². The minimum Gasteiger partial charge on any atom is -0.458 e. The maximum absolute atomic E-state index is 13.7. The number of hydrogen-bond acceptors (Lipinski definition) is 7. The van der Waals surface area contributed by atoms with Crippen LogP contribution in [-0.4, -0.2) is 53.3 Å². The van der Waals surface area contributed by atoms with E-state index in [1.807, 2.05) is 13.0 Å². The Balaban J connectivity index is 1.53. The van der Waals surface area contributed by atoms with Gasteiger partial charge in [-0.25, -0.2) is 0 Å². The smallest absolute Gasteiger partial charge is 0.303 e. The predicted octanol–water partition coefficient (Wildman–Crippen LogP) is 3.29. The molecule has 1 aliphatic heterocycles. The lowest BCUT2D eigenvalue weighted by atomic mass is 9.46. The monoisotopic (exact) mass is 472 g/mol. The van der Waals surface area contributed by atoms with E-state index in [9.17, 15) is 19.5 Å². The number of allylic oxidation sites excluding steroid dienone is 4. The van der Waals surface area contributed by atoms with Crippen LogP contribution in [0.25, 0.3) is 0 Å². The Bertz CT molecular complexity index is 968. The molecule has 34 heavy (non-hydrogen) atoms. The van der Waals surface area contributed by atoms with Gasteiger partial charge in [0, 0.05) is 23.7 Å². The maximum atomic E-state index is 13.7. The summed E-state index contributed by atoms with van der Waals surface area (Å²) in [5.74, 6) is -0.538. The molecule has 9 atom stereocenters. The quantitative estimate of drug-likeness (QED) is 0.613. The summed E-state index contributed by atoms with van der Waals surface area (Å²) in [6.07, 6.45) is 8.04. The van der Waals surface area contributed by atoms with Gasteiger partial charge in [0.15, 0.2) is 24.3 Å². The number of rotatable bonds is 5. The van der Waals surface area contributed by atoms with Gasteiger partial charge < -0.3 is 19.3 Å². The number of fused-ring (bicyclic) bond motifs is 7. The van der Waals surface area contributed by atoms with E-state index < -0.39 is 35.5 Å². The second-order valence-electron chi connectivity index (χ2n) is 11.3. The van der Waals surface area contributed by atoms with Gasteiger partial charge in [-0.05, 0) is 56.1 Å². The molecule has 4 aliphatic carbocycles.